The van der Waals surface area contributed by atoms with Gasteiger partial charge in [0.05, 0.1) is 7.11 Å². The van der Waals surface area contributed by atoms with Crippen molar-refractivity contribution in [2.45, 2.75) is 13.1 Å². The van der Waals surface area contributed by atoms with Crippen molar-refractivity contribution in [1.29, 1.82) is 0 Å². The molecule has 3 N–H and O–H groups in total. The van der Waals surface area contributed by atoms with Crippen molar-refractivity contribution < 1.29 is 9.53 Å². The fourth-order valence-corrected chi connectivity index (χ4v) is 2.35. The summed E-state index contributed by atoms with van der Waals surface area (Å²) in [5.41, 5.74) is 2.76. The summed E-state index contributed by atoms with van der Waals surface area (Å²) in [6.07, 6.45) is 0. The van der Waals surface area contributed by atoms with Crippen LogP contribution < -0.4 is 20.7 Å². The molecule has 0 spiro atoms. The highest BCUT2D eigenvalue weighted by atomic mass is 127. The summed E-state index contributed by atoms with van der Waals surface area (Å²) < 4.78 is 5.35. The number of hydrogen-bond acceptors (Lipinski definition) is 3. The van der Waals surface area contributed by atoms with Crippen LogP contribution in [0.15, 0.2) is 53.5 Å². The van der Waals surface area contributed by atoms with Crippen LogP contribution in [0.5, 0.6) is 5.75 Å². The van der Waals surface area contributed by atoms with Crippen LogP contribution in [0.3, 0.4) is 0 Å². The Kier molecular flexibility index (Phi) is 9.50. The fraction of sp³-hybridized carbons (Fsp3) is 0.263. The molecule has 0 radical (unpaired) electrons. The molecule has 140 valence electrons. The van der Waals surface area contributed by atoms with E-state index in [9.17, 15) is 4.79 Å². The minimum Gasteiger partial charge on any atom is -0.496 e. The van der Waals surface area contributed by atoms with Crippen LogP contribution in [0.1, 0.15) is 21.5 Å². The number of amides is 1. The highest BCUT2D eigenvalue weighted by Crippen LogP contribution is 2.16. The molecule has 0 aromatic heterocycles. The van der Waals surface area contributed by atoms with Crippen LogP contribution in [-0.4, -0.2) is 33.1 Å². The number of nitrogens with one attached hydrogen (secondary N) is 3. The van der Waals surface area contributed by atoms with E-state index < -0.39 is 0 Å². The number of carbonyl (C=O) groups is 1. The third kappa shape index (κ3) is 6.21. The first-order valence-electron chi connectivity index (χ1n) is 8.05. The SMILES string of the molecule is CN=C(NCc1ccc(C(=O)NC)cc1)NCc1ccccc1OC.I. The van der Waals surface area contributed by atoms with Gasteiger partial charge in [-0.1, -0.05) is 30.3 Å². The van der Waals surface area contributed by atoms with Gasteiger partial charge in [0, 0.05) is 38.3 Å². The molecule has 0 atom stereocenters. The van der Waals surface area contributed by atoms with Crippen LogP contribution in [0.2, 0.25) is 0 Å². The quantitative estimate of drug-likeness (QED) is 0.346. The zero-order valence-corrected chi connectivity index (χ0v) is 17.5. The molecule has 0 unspecified atom stereocenters. The Morgan fingerprint density at radius 3 is 2.31 bits per heavy atom. The van der Waals surface area contributed by atoms with Crippen LogP contribution in [0.4, 0.5) is 0 Å². The van der Waals surface area contributed by atoms with Gasteiger partial charge >= 0.3 is 0 Å². The van der Waals surface area contributed by atoms with Crippen molar-refractivity contribution in [2.75, 3.05) is 21.2 Å². The molecule has 1 amide bonds. The first kappa shape index (κ1) is 21.8. The number of halogens is 1. The molecule has 0 aliphatic heterocycles. The van der Waals surface area contributed by atoms with Gasteiger partial charge in [-0.2, -0.15) is 0 Å². The van der Waals surface area contributed by atoms with Gasteiger partial charge < -0.3 is 20.7 Å². The number of rotatable bonds is 6. The van der Waals surface area contributed by atoms with Crippen LogP contribution >= 0.6 is 24.0 Å². The Morgan fingerprint density at radius 2 is 1.69 bits per heavy atom. The number of aliphatic imine (C=N–C) groups is 1. The normalized spacial score (nSPS) is 10.5. The first-order valence-corrected chi connectivity index (χ1v) is 8.05. The zero-order chi connectivity index (χ0) is 18.1. The molecule has 0 aliphatic carbocycles. The molecule has 0 fully saturated rings. The monoisotopic (exact) mass is 468 g/mol. The molecule has 0 heterocycles. The lowest BCUT2D eigenvalue weighted by Crippen LogP contribution is -2.36. The summed E-state index contributed by atoms with van der Waals surface area (Å²) in [7, 11) is 5.01. The highest BCUT2D eigenvalue weighted by Gasteiger charge is 2.05. The minimum absolute atomic E-state index is 0. The molecule has 26 heavy (non-hydrogen) atoms. The Bertz CT molecular complexity index is 733. The van der Waals surface area contributed by atoms with Gasteiger partial charge in [0.1, 0.15) is 5.75 Å². The van der Waals surface area contributed by atoms with Gasteiger partial charge in [0.15, 0.2) is 5.96 Å². The summed E-state index contributed by atoms with van der Waals surface area (Å²) in [5, 5.41) is 9.13. The molecule has 2 rings (SSSR count). The predicted octanol–water partition coefficient (Wildman–Crippen LogP) is 2.54. The van der Waals surface area contributed by atoms with Crippen molar-refractivity contribution in [3.8, 4) is 5.75 Å². The summed E-state index contributed by atoms with van der Waals surface area (Å²) in [6, 6.07) is 15.3. The van der Waals surface area contributed by atoms with E-state index in [1.165, 1.54) is 0 Å². The van der Waals surface area contributed by atoms with Gasteiger partial charge in [-0.15, -0.1) is 24.0 Å². The van der Waals surface area contributed by atoms with Gasteiger partial charge in [-0.25, -0.2) is 0 Å². The Hall–Kier alpha value is -2.29. The van der Waals surface area contributed by atoms with Gasteiger partial charge in [0.25, 0.3) is 5.91 Å². The molecule has 6 nitrogen and oxygen atoms in total. The van der Waals surface area contributed by atoms with Crippen molar-refractivity contribution in [1.82, 2.24) is 16.0 Å². The summed E-state index contributed by atoms with van der Waals surface area (Å²) in [4.78, 5) is 15.8. The number of methoxy groups -OCH3 is 1. The highest BCUT2D eigenvalue weighted by molar-refractivity contribution is 14.0. The van der Waals surface area contributed by atoms with E-state index in [4.69, 9.17) is 4.74 Å². The number of carbonyl (C=O) groups excluding carboxylic acids is 1. The number of guanidine groups is 1. The lowest BCUT2D eigenvalue weighted by molar-refractivity contribution is 0.0963. The Balaban J connectivity index is 0.00000338. The van der Waals surface area contributed by atoms with Crippen molar-refractivity contribution >= 4 is 35.8 Å². The van der Waals surface area contributed by atoms with Gasteiger partial charge in [-0.3, -0.25) is 9.79 Å². The standard InChI is InChI=1S/C19H24N4O2.HI/c1-20-18(24)15-10-8-14(9-11-15)12-22-19(21-2)23-13-16-6-4-5-7-17(16)25-3;/h4-11H,12-13H2,1-3H3,(H,20,24)(H2,21,22,23);1H. The summed E-state index contributed by atoms with van der Waals surface area (Å²) >= 11 is 0. The van der Waals surface area contributed by atoms with Gasteiger partial charge in [0.2, 0.25) is 0 Å². The third-order valence-corrected chi connectivity index (χ3v) is 3.77. The Morgan fingerprint density at radius 1 is 1.04 bits per heavy atom. The zero-order valence-electron chi connectivity index (χ0n) is 15.2. The first-order chi connectivity index (χ1) is 12.2. The van der Waals surface area contributed by atoms with E-state index in [0.29, 0.717) is 24.6 Å². The maximum atomic E-state index is 11.5. The topological polar surface area (TPSA) is 74.8 Å². The largest absolute Gasteiger partial charge is 0.496 e. The molecule has 0 saturated heterocycles. The number of para-hydroxylation sites is 1. The fourth-order valence-electron chi connectivity index (χ4n) is 2.35. The average Bonchev–Trinajstić information content (AvgIpc) is 2.68. The van der Waals surface area contributed by atoms with Crippen LogP contribution in [-0.2, 0) is 13.1 Å². The maximum Gasteiger partial charge on any atom is 0.251 e. The smallest absolute Gasteiger partial charge is 0.251 e. The number of benzene rings is 2. The van der Waals surface area contributed by atoms with E-state index in [-0.39, 0.29) is 29.9 Å². The predicted molar refractivity (Wildman–Crippen MR) is 115 cm³/mol. The van der Waals surface area contributed by atoms with Crippen molar-refractivity contribution in [2.24, 2.45) is 4.99 Å². The minimum atomic E-state index is -0.0891. The number of ether oxygens (including phenoxy) is 1. The molecule has 0 saturated carbocycles. The van der Waals surface area contributed by atoms with Crippen LogP contribution in [0.25, 0.3) is 0 Å². The second-order valence-corrected chi connectivity index (χ2v) is 5.37. The van der Waals surface area contributed by atoms with E-state index in [2.05, 4.69) is 20.9 Å². The Labute approximate surface area is 171 Å². The summed E-state index contributed by atoms with van der Waals surface area (Å²) in [6.45, 7) is 1.22. The summed E-state index contributed by atoms with van der Waals surface area (Å²) in [5.74, 6) is 1.45. The second kappa shape index (κ2) is 11.3. The lowest BCUT2D eigenvalue weighted by Gasteiger charge is -2.14. The average molecular weight is 468 g/mol. The van der Waals surface area contributed by atoms with Crippen LogP contribution in [0, 0.1) is 0 Å². The number of nitrogens with zero attached hydrogens (tertiary/aromatic N) is 1. The molecule has 7 heteroatoms. The van der Waals surface area contributed by atoms with E-state index >= 15 is 0 Å². The second-order valence-electron chi connectivity index (χ2n) is 5.37. The van der Waals surface area contributed by atoms with E-state index in [1.54, 1.807) is 33.3 Å². The van der Waals surface area contributed by atoms with Gasteiger partial charge in [-0.05, 0) is 23.8 Å². The maximum absolute atomic E-state index is 11.5. The van der Waals surface area contributed by atoms with Crippen molar-refractivity contribution in [3.63, 3.8) is 0 Å². The molecular formula is C19H25IN4O2. The third-order valence-electron chi connectivity index (χ3n) is 3.77. The van der Waals surface area contributed by atoms with E-state index in [1.807, 2.05) is 36.4 Å². The lowest BCUT2D eigenvalue weighted by atomic mass is 10.1. The molecular weight excluding hydrogens is 443 g/mol. The molecule has 0 bridgehead atoms. The number of hydrogen-bond donors (Lipinski definition) is 3. The van der Waals surface area contributed by atoms with Crippen molar-refractivity contribution in [3.05, 3.63) is 65.2 Å². The van der Waals surface area contributed by atoms with E-state index in [0.717, 1.165) is 16.9 Å². The molecule has 0 aliphatic rings. The molecule has 2 aromatic carbocycles. The molecule has 2 aromatic rings.